The molecule has 0 aliphatic heterocycles. The van der Waals surface area contributed by atoms with Gasteiger partial charge in [-0.05, 0) is 19.1 Å². The Morgan fingerprint density at radius 3 is 2.95 bits per heavy atom. The number of benzene rings is 1. The third-order valence-corrected chi connectivity index (χ3v) is 2.64. The first-order valence-electron chi connectivity index (χ1n) is 6.37. The van der Waals surface area contributed by atoms with Gasteiger partial charge in [-0.2, -0.15) is 5.10 Å². The van der Waals surface area contributed by atoms with Crippen molar-refractivity contribution in [1.82, 2.24) is 9.78 Å². The van der Waals surface area contributed by atoms with Crippen LogP contribution in [0.3, 0.4) is 0 Å². The zero-order valence-electron chi connectivity index (χ0n) is 11.3. The molecule has 0 spiro atoms. The van der Waals surface area contributed by atoms with Gasteiger partial charge in [-0.1, -0.05) is 12.1 Å². The molecule has 6 nitrogen and oxygen atoms in total. The summed E-state index contributed by atoms with van der Waals surface area (Å²) in [6, 6.07) is 7.30. The van der Waals surface area contributed by atoms with Crippen molar-refractivity contribution in [1.29, 1.82) is 0 Å². The van der Waals surface area contributed by atoms with E-state index in [9.17, 15) is 4.79 Å². The van der Waals surface area contributed by atoms with E-state index < -0.39 is 0 Å². The van der Waals surface area contributed by atoms with E-state index in [2.05, 4.69) is 5.10 Å². The summed E-state index contributed by atoms with van der Waals surface area (Å²) in [7, 11) is 0. The number of para-hydroxylation sites is 2. The number of rotatable bonds is 6. The van der Waals surface area contributed by atoms with E-state index in [1.54, 1.807) is 23.9 Å². The van der Waals surface area contributed by atoms with Crippen LogP contribution in [0.25, 0.3) is 0 Å². The first-order chi connectivity index (χ1) is 9.70. The second-order valence-electron chi connectivity index (χ2n) is 4.10. The Hall–Kier alpha value is -2.50. The van der Waals surface area contributed by atoms with Crippen LogP contribution >= 0.6 is 0 Å². The van der Waals surface area contributed by atoms with Gasteiger partial charge in [0.1, 0.15) is 12.4 Å². The van der Waals surface area contributed by atoms with E-state index >= 15 is 0 Å². The number of carbonyl (C=O) groups excluding carboxylic acids is 1. The van der Waals surface area contributed by atoms with Crippen LogP contribution in [0.1, 0.15) is 17.3 Å². The van der Waals surface area contributed by atoms with E-state index in [1.807, 2.05) is 18.2 Å². The van der Waals surface area contributed by atoms with Crippen molar-refractivity contribution >= 4 is 11.7 Å². The smallest absolute Gasteiger partial charge is 0.341 e. The average molecular weight is 275 g/mol. The van der Waals surface area contributed by atoms with Crippen LogP contribution in [0, 0.1) is 0 Å². The van der Waals surface area contributed by atoms with Crippen molar-refractivity contribution in [2.24, 2.45) is 0 Å². The molecule has 0 atom stereocenters. The Morgan fingerprint density at radius 2 is 2.20 bits per heavy atom. The number of nitrogens with zero attached hydrogens (tertiary/aromatic N) is 2. The number of carbonyl (C=O) groups is 1. The van der Waals surface area contributed by atoms with Crippen molar-refractivity contribution in [3.05, 3.63) is 42.2 Å². The van der Waals surface area contributed by atoms with Crippen LogP contribution in [-0.2, 0) is 11.3 Å². The molecule has 0 aliphatic rings. The minimum Gasteiger partial charge on any atom is -0.490 e. The topological polar surface area (TPSA) is 79.4 Å². The summed E-state index contributed by atoms with van der Waals surface area (Å²) < 4.78 is 12.1. The summed E-state index contributed by atoms with van der Waals surface area (Å²) in [5, 5.41) is 4.08. The van der Waals surface area contributed by atoms with Gasteiger partial charge in [0.2, 0.25) is 0 Å². The lowest BCUT2D eigenvalue weighted by Gasteiger charge is -2.08. The molecule has 0 saturated carbocycles. The molecule has 0 aliphatic carbocycles. The predicted molar refractivity (Wildman–Crippen MR) is 74.5 cm³/mol. The number of ether oxygens (including phenoxy) is 2. The second kappa shape index (κ2) is 6.60. The van der Waals surface area contributed by atoms with E-state index in [0.717, 1.165) is 0 Å². The van der Waals surface area contributed by atoms with Gasteiger partial charge < -0.3 is 15.2 Å². The van der Waals surface area contributed by atoms with Gasteiger partial charge in [0.05, 0.1) is 30.6 Å². The Kier molecular flexibility index (Phi) is 4.60. The lowest BCUT2D eigenvalue weighted by Crippen LogP contribution is -2.09. The Morgan fingerprint density at radius 1 is 1.40 bits per heavy atom. The average Bonchev–Trinajstić information content (AvgIpc) is 2.90. The molecule has 106 valence electrons. The SMILES string of the molecule is CCOC(=O)c1cnn(CCOc2ccccc2N)c1. The van der Waals surface area contributed by atoms with Gasteiger partial charge in [-0.25, -0.2) is 4.79 Å². The first-order valence-corrected chi connectivity index (χ1v) is 6.37. The molecule has 0 saturated heterocycles. The lowest BCUT2D eigenvalue weighted by atomic mass is 10.3. The maximum Gasteiger partial charge on any atom is 0.341 e. The molecule has 1 aromatic carbocycles. The van der Waals surface area contributed by atoms with Gasteiger partial charge in [0, 0.05) is 6.20 Å². The zero-order valence-corrected chi connectivity index (χ0v) is 11.3. The predicted octanol–water partition coefficient (Wildman–Crippen LogP) is 1.72. The molecule has 0 unspecified atom stereocenters. The molecule has 2 N–H and O–H groups in total. The summed E-state index contributed by atoms with van der Waals surface area (Å²) in [6.45, 7) is 3.05. The van der Waals surface area contributed by atoms with Crippen LogP contribution in [0.4, 0.5) is 5.69 Å². The van der Waals surface area contributed by atoms with Gasteiger partial charge in [-0.15, -0.1) is 0 Å². The van der Waals surface area contributed by atoms with Crippen molar-refractivity contribution in [3.8, 4) is 5.75 Å². The second-order valence-corrected chi connectivity index (χ2v) is 4.10. The third kappa shape index (κ3) is 3.50. The fraction of sp³-hybridized carbons (Fsp3) is 0.286. The molecule has 0 bridgehead atoms. The molecule has 2 aromatic rings. The fourth-order valence-corrected chi connectivity index (χ4v) is 1.67. The highest BCUT2D eigenvalue weighted by molar-refractivity contribution is 5.88. The maximum absolute atomic E-state index is 11.5. The fourth-order valence-electron chi connectivity index (χ4n) is 1.67. The van der Waals surface area contributed by atoms with E-state index in [1.165, 1.54) is 6.20 Å². The normalized spacial score (nSPS) is 10.2. The van der Waals surface area contributed by atoms with Gasteiger partial charge in [-0.3, -0.25) is 4.68 Å². The zero-order chi connectivity index (χ0) is 14.4. The largest absolute Gasteiger partial charge is 0.490 e. The van der Waals surface area contributed by atoms with Crippen LogP contribution in [0.2, 0.25) is 0 Å². The quantitative estimate of drug-likeness (QED) is 0.641. The van der Waals surface area contributed by atoms with Crippen LogP contribution in [0.5, 0.6) is 5.75 Å². The van der Waals surface area contributed by atoms with Crippen molar-refractivity contribution in [3.63, 3.8) is 0 Å². The van der Waals surface area contributed by atoms with E-state index in [-0.39, 0.29) is 5.97 Å². The molecule has 0 amide bonds. The molecule has 0 radical (unpaired) electrons. The Labute approximate surface area is 117 Å². The minimum absolute atomic E-state index is 0.348. The molecule has 1 heterocycles. The molecule has 0 fully saturated rings. The molecule has 1 aromatic heterocycles. The highest BCUT2D eigenvalue weighted by atomic mass is 16.5. The monoisotopic (exact) mass is 275 g/mol. The summed E-state index contributed by atoms with van der Waals surface area (Å²) in [6.07, 6.45) is 3.12. The molecule has 2 rings (SSSR count). The Balaban J connectivity index is 1.86. The lowest BCUT2D eigenvalue weighted by molar-refractivity contribution is 0.0526. The third-order valence-electron chi connectivity index (χ3n) is 2.64. The van der Waals surface area contributed by atoms with Crippen molar-refractivity contribution in [2.75, 3.05) is 18.9 Å². The standard InChI is InChI=1S/C14H17N3O3/c1-2-19-14(18)11-9-16-17(10-11)7-8-20-13-6-4-3-5-12(13)15/h3-6,9-10H,2,7-8,15H2,1H3. The van der Waals surface area contributed by atoms with Crippen molar-refractivity contribution in [2.45, 2.75) is 13.5 Å². The van der Waals surface area contributed by atoms with Crippen molar-refractivity contribution < 1.29 is 14.3 Å². The van der Waals surface area contributed by atoms with Crippen LogP contribution in [-0.4, -0.2) is 29.0 Å². The molecule has 20 heavy (non-hydrogen) atoms. The molecular weight excluding hydrogens is 258 g/mol. The highest BCUT2D eigenvalue weighted by Gasteiger charge is 2.09. The highest BCUT2D eigenvalue weighted by Crippen LogP contribution is 2.19. The number of anilines is 1. The number of aromatic nitrogens is 2. The minimum atomic E-state index is -0.369. The number of esters is 1. The molecular formula is C14H17N3O3. The summed E-state index contributed by atoms with van der Waals surface area (Å²) in [5.74, 6) is 0.275. The number of hydrogen-bond donors (Lipinski definition) is 1. The number of nitrogen functional groups attached to an aromatic ring is 1. The summed E-state index contributed by atoms with van der Waals surface area (Å²) in [4.78, 5) is 11.5. The number of hydrogen-bond acceptors (Lipinski definition) is 5. The van der Waals surface area contributed by atoms with Gasteiger partial charge in [0.15, 0.2) is 0 Å². The van der Waals surface area contributed by atoms with Crippen LogP contribution in [0.15, 0.2) is 36.7 Å². The van der Waals surface area contributed by atoms with Gasteiger partial charge >= 0.3 is 5.97 Å². The molecule has 6 heteroatoms. The van der Waals surface area contributed by atoms with Gasteiger partial charge in [0.25, 0.3) is 0 Å². The maximum atomic E-state index is 11.5. The van der Waals surface area contributed by atoms with Crippen LogP contribution < -0.4 is 10.5 Å². The van der Waals surface area contributed by atoms with E-state index in [0.29, 0.717) is 36.8 Å². The summed E-state index contributed by atoms with van der Waals surface area (Å²) in [5.41, 5.74) is 6.80. The Bertz CT molecular complexity index is 581. The van der Waals surface area contributed by atoms with E-state index in [4.69, 9.17) is 15.2 Å². The summed E-state index contributed by atoms with van der Waals surface area (Å²) >= 11 is 0. The number of nitrogens with two attached hydrogens (primary N) is 1. The first kappa shape index (κ1) is 13.9.